The molecule has 0 aromatic heterocycles. The van der Waals surface area contributed by atoms with Gasteiger partial charge in [0.05, 0.1) is 32.0 Å². The molecule has 0 bridgehead atoms. The van der Waals surface area contributed by atoms with E-state index in [4.69, 9.17) is 19.5 Å². The molecule has 0 aliphatic rings. The fourth-order valence-corrected chi connectivity index (χ4v) is 5.89. The van der Waals surface area contributed by atoms with Gasteiger partial charge in [-0.05, 0) is 26.0 Å². The van der Waals surface area contributed by atoms with Crippen molar-refractivity contribution < 1.29 is 28.3 Å². The Labute approximate surface area is 238 Å². The molecule has 9 nitrogen and oxygen atoms in total. The summed E-state index contributed by atoms with van der Waals surface area (Å²) in [7, 11) is -3.37. The first-order valence-electron chi connectivity index (χ1n) is 15.4. The second-order valence-corrected chi connectivity index (χ2v) is 12.3. The fraction of sp³-hybridized carbons (Fsp3) is 0.897. The van der Waals surface area contributed by atoms with Crippen molar-refractivity contribution in [3.05, 3.63) is 12.3 Å². The summed E-state index contributed by atoms with van der Waals surface area (Å²) in [6, 6.07) is 0. The van der Waals surface area contributed by atoms with Crippen LogP contribution < -0.4 is 16.4 Å². The van der Waals surface area contributed by atoms with Gasteiger partial charge >= 0.3 is 7.60 Å². The predicted octanol–water partition coefficient (Wildman–Crippen LogP) is 5.66. The highest BCUT2D eigenvalue weighted by molar-refractivity contribution is 7.53. The molecule has 0 fully saturated rings. The van der Waals surface area contributed by atoms with Crippen LogP contribution in [0.25, 0.3) is 0 Å². The van der Waals surface area contributed by atoms with Gasteiger partial charge in [-0.2, -0.15) is 0 Å². The Kier molecular flexibility index (Phi) is 27.9. The second kappa shape index (κ2) is 28.6. The Bertz CT molecular complexity index is 624. The smallest absolute Gasteiger partial charge is 0.333 e. The van der Waals surface area contributed by atoms with Gasteiger partial charge in [0.1, 0.15) is 0 Å². The van der Waals surface area contributed by atoms with Crippen LogP contribution in [0, 0.1) is 0 Å². The van der Waals surface area contributed by atoms with E-state index in [2.05, 4.69) is 17.6 Å². The minimum absolute atomic E-state index is 0.0680. The summed E-state index contributed by atoms with van der Waals surface area (Å²) in [4.78, 5) is 10.6. The summed E-state index contributed by atoms with van der Waals surface area (Å²) in [6.07, 6.45) is 21.8. The third kappa shape index (κ3) is 28.4. The summed E-state index contributed by atoms with van der Waals surface area (Å²) in [5.74, 6) is -0.439. The number of nitrogens with one attached hydrogen (secondary N) is 2. The lowest BCUT2D eigenvalue weighted by Gasteiger charge is -2.21. The summed E-state index contributed by atoms with van der Waals surface area (Å²) < 4.78 is 29.5. The second-order valence-electron chi connectivity index (χ2n) is 10.2. The van der Waals surface area contributed by atoms with E-state index in [0.29, 0.717) is 19.6 Å². The molecule has 0 aliphatic heterocycles. The van der Waals surface area contributed by atoms with Gasteiger partial charge in [0, 0.05) is 26.3 Å². The number of amides is 1. The number of hydrogen-bond donors (Lipinski definition) is 4. The molecule has 1 unspecified atom stereocenters. The standard InChI is InChI=1S/C29H60N3O6P/c1-3-5-6-7-8-9-10-11-12-13-14-15-16-17-22-36-23-19-24-38-39(35,37-4-2)27-28(33)25-31-20-18-21-32-26-29(30)34/h18,21,28,31-33H,3-17,19-20,22-27H2,1-2H3,(H2,30,34)/b21-18+/t28-,39?/m1/s1. The molecular formula is C29H60N3O6P. The lowest BCUT2D eigenvalue weighted by Crippen LogP contribution is -2.30. The van der Waals surface area contributed by atoms with Gasteiger partial charge < -0.3 is 35.3 Å². The molecule has 2 atom stereocenters. The van der Waals surface area contributed by atoms with E-state index < -0.39 is 19.6 Å². The Hall–Kier alpha value is -0.960. The number of hydrogen-bond acceptors (Lipinski definition) is 8. The molecule has 0 aromatic carbocycles. The molecule has 0 aliphatic carbocycles. The summed E-state index contributed by atoms with van der Waals surface area (Å²) in [5.41, 5.74) is 5.03. The van der Waals surface area contributed by atoms with Gasteiger partial charge in [0.25, 0.3) is 0 Å². The van der Waals surface area contributed by atoms with Crippen LogP contribution in [0.4, 0.5) is 0 Å². The van der Waals surface area contributed by atoms with Crippen molar-refractivity contribution in [3.63, 3.8) is 0 Å². The topological polar surface area (TPSA) is 132 Å². The van der Waals surface area contributed by atoms with Gasteiger partial charge in [-0.1, -0.05) is 96.5 Å². The highest BCUT2D eigenvalue weighted by Gasteiger charge is 2.27. The molecule has 232 valence electrons. The van der Waals surface area contributed by atoms with Crippen molar-refractivity contribution in [1.82, 2.24) is 10.6 Å². The van der Waals surface area contributed by atoms with Crippen LogP contribution in [0.2, 0.25) is 0 Å². The highest BCUT2D eigenvalue weighted by atomic mass is 31.2. The zero-order chi connectivity index (χ0) is 28.9. The molecule has 10 heteroatoms. The first-order valence-corrected chi connectivity index (χ1v) is 17.2. The number of ether oxygens (including phenoxy) is 1. The maximum Gasteiger partial charge on any atom is 0.333 e. The van der Waals surface area contributed by atoms with Crippen molar-refractivity contribution in [2.45, 2.75) is 116 Å². The number of carbonyl (C=O) groups is 1. The number of aliphatic hydroxyl groups excluding tert-OH is 1. The van der Waals surface area contributed by atoms with Crippen molar-refractivity contribution in [2.24, 2.45) is 5.73 Å². The average Bonchev–Trinajstić information content (AvgIpc) is 2.89. The number of nitrogens with two attached hydrogens (primary N) is 1. The zero-order valence-corrected chi connectivity index (χ0v) is 25.9. The number of unbranched alkanes of at least 4 members (excludes halogenated alkanes) is 13. The molecule has 0 spiro atoms. The van der Waals surface area contributed by atoms with Crippen LogP contribution in [0.5, 0.6) is 0 Å². The first-order chi connectivity index (χ1) is 18.9. The Morgan fingerprint density at radius 1 is 0.846 bits per heavy atom. The maximum atomic E-state index is 12.9. The number of aliphatic hydroxyl groups is 1. The third-order valence-electron chi connectivity index (χ3n) is 6.28. The molecule has 1 amide bonds. The van der Waals surface area contributed by atoms with Crippen LogP contribution in [-0.2, 0) is 23.1 Å². The molecule has 0 radical (unpaired) electrons. The lowest BCUT2D eigenvalue weighted by molar-refractivity contribution is -0.117. The predicted molar refractivity (Wildman–Crippen MR) is 161 cm³/mol. The summed E-state index contributed by atoms with van der Waals surface area (Å²) >= 11 is 0. The molecule has 5 N–H and O–H groups in total. The largest absolute Gasteiger partial charge is 0.391 e. The fourth-order valence-electron chi connectivity index (χ4n) is 4.16. The molecule has 0 saturated carbocycles. The van der Waals surface area contributed by atoms with Gasteiger partial charge in [0.15, 0.2) is 0 Å². The van der Waals surface area contributed by atoms with E-state index in [1.54, 1.807) is 19.2 Å². The van der Waals surface area contributed by atoms with E-state index >= 15 is 0 Å². The molecule has 39 heavy (non-hydrogen) atoms. The first kappa shape index (κ1) is 38.0. The van der Waals surface area contributed by atoms with Crippen molar-refractivity contribution >= 4 is 13.5 Å². The van der Waals surface area contributed by atoms with Gasteiger partial charge in [-0.3, -0.25) is 9.36 Å². The monoisotopic (exact) mass is 577 g/mol. The number of carbonyl (C=O) groups excluding carboxylic acids is 1. The van der Waals surface area contributed by atoms with Crippen LogP contribution in [-0.4, -0.2) is 69.3 Å². The van der Waals surface area contributed by atoms with Gasteiger partial charge in [-0.15, -0.1) is 0 Å². The van der Waals surface area contributed by atoms with Crippen molar-refractivity contribution in [3.8, 4) is 0 Å². The quantitative estimate of drug-likeness (QED) is 0.0613. The van der Waals surface area contributed by atoms with Crippen LogP contribution in [0.1, 0.15) is 110 Å². The Balaban J connectivity index is 3.65. The normalized spacial score (nSPS) is 14.0. The highest BCUT2D eigenvalue weighted by Crippen LogP contribution is 2.48. The molecular weight excluding hydrogens is 517 g/mol. The van der Waals surface area contributed by atoms with E-state index in [9.17, 15) is 14.5 Å². The Morgan fingerprint density at radius 2 is 1.41 bits per heavy atom. The molecule has 0 rings (SSSR count). The average molecular weight is 578 g/mol. The Morgan fingerprint density at radius 3 is 1.97 bits per heavy atom. The minimum atomic E-state index is -3.37. The summed E-state index contributed by atoms with van der Waals surface area (Å²) in [6.45, 7) is 6.63. The maximum absolute atomic E-state index is 12.9. The minimum Gasteiger partial charge on any atom is -0.391 e. The molecule has 0 aromatic rings. The van der Waals surface area contributed by atoms with E-state index in [-0.39, 0.29) is 32.5 Å². The van der Waals surface area contributed by atoms with Crippen molar-refractivity contribution in [1.29, 1.82) is 0 Å². The lowest BCUT2D eigenvalue weighted by atomic mass is 10.0. The molecule has 0 saturated heterocycles. The van der Waals surface area contributed by atoms with Crippen LogP contribution in [0.15, 0.2) is 12.3 Å². The van der Waals surface area contributed by atoms with E-state index in [1.807, 2.05) is 0 Å². The van der Waals surface area contributed by atoms with Crippen molar-refractivity contribution in [2.75, 3.05) is 52.2 Å². The molecule has 0 heterocycles. The number of rotatable bonds is 31. The van der Waals surface area contributed by atoms with E-state index in [0.717, 1.165) is 13.0 Å². The number of primary amides is 1. The van der Waals surface area contributed by atoms with Crippen LogP contribution >= 0.6 is 7.60 Å². The summed E-state index contributed by atoms with van der Waals surface area (Å²) in [5, 5.41) is 16.0. The SMILES string of the molecule is CCCCCCCCCCCCCCCCOCCCOP(=O)(C[C@H](O)CNC/C=C/NCC(N)=O)OCC. The van der Waals surface area contributed by atoms with Crippen LogP contribution in [0.3, 0.4) is 0 Å². The third-order valence-corrected chi connectivity index (χ3v) is 8.37. The van der Waals surface area contributed by atoms with Gasteiger partial charge in [0.2, 0.25) is 5.91 Å². The zero-order valence-electron chi connectivity index (χ0n) is 25.0. The van der Waals surface area contributed by atoms with E-state index in [1.165, 1.54) is 83.5 Å². The van der Waals surface area contributed by atoms with Gasteiger partial charge in [-0.25, -0.2) is 0 Å².